The van der Waals surface area contributed by atoms with Gasteiger partial charge in [0, 0.05) is 30.9 Å². The average Bonchev–Trinajstić information content (AvgIpc) is 2.47. The maximum atomic E-state index is 12.0. The summed E-state index contributed by atoms with van der Waals surface area (Å²) in [5.74, 6) is -0.802. The molecule has 0 saturated carbocycles. The van der Waals surface area contributed by atoms with Crippen LogP contribution < -0.4 is 5.32 Å². The zero-order valence-electron chi connectivity index (χ0n) is 11.0. The molecule has 7 nitrogen and oxygen atoms in total. The molecule has 0 saturated heterocycles. The van der Waals surface area contributed by atoms with Crippen molar-refractivity contribution in [2.24, 2.45) is 0 Å². The van der Waals surface area contributed by atoms with Gasteiger partial charge >= 0.3 is 0 Å². The standard InChI is InChI=1S/C14H13N3O4/c18-11-4-5-13(17(20)21)12(9-11)14(19)16-8-6-10-3-1-2-7-15-10/h1-5,7,9,18H,6,8H2,(H,16,19). The van der Waals surface area contributed by atoms with E-state index in [9.17, 15) is 20.0 Å². The molecule has 7 heteroatoms. The number of benzene rings is 1. The summed E-state index contributed by atoms with van der Waals surface area (Å²) in [5, 5.41) is 22.8. The lowest BCUT2D eigenvalue weighted by molar-refractivity contribution is -0.385. The van der Waals surface area contributed by atoms with E-state index in [2.05, 4.69) is 10.3 Å². The minimum absolute atomic E-state index is 0.166. The number of carbonyl (C=O) groups excluding carboxylic acids is 1. The van der Waals surface area contributed by atoms with Gasteiger partial charge < -0.3 is 10.4 Å². The second-order valence-electron chi connectivity index (χ2n) is 4.29. The van der Waals surface area contributed by atoms with Gasteiger partial charge in [-0.15, -0.1) is 0 Å². The molecule has 0 aliphatic rings. The number of nitrogens with zero attached hydrogens (tertiary/aromatic N) is 2. The van der Waals surface area contributed by atoms with E-state index in [1.165, 1.54) is 6.07 Å². The number of aromatic nitrogens is 1. The summed E-state index contributed by atoms with van der Waals surface area (Å²) in [6, 6.07) is 8.80. The summed E-state index contributed by atoms with van der Waals surface area (Å²) in [7, 11) is 0. The SMILES string of the molecule is O=C(NCCc1ccccn1)c1cc(O)ccc1[N+](=O)[O-]. The van der Waals surface area contributed by atoms with E-state index in [0.29, 0.717) is 13.0 Å². The monoisotopic (exact) mass is 287 g/mol. The van der Waals surface area contributed by atoms with Crippen molar-refractivity contribution in [2.45, 2.75) is 6.42 Å². The van der Waals surface area contributed by atoms with Crippen LogP contribution in [0.1, 0.15) is 16.1 Å². The van der Waals surface area contributed by atoms with Crippen LogP contribution in [0.5, 0.6) is 5.75 Å². The van der Waals surface area contributed by atoms with Crippen LogP contribution >= 0.6 is 0 Å². The fourth-order valence-corrected chi connectivity index (χ4v) is 1.81. The average molecular weight is 287 g/mol. The van der Waals surface area contributed by atoms with E-state index in [1.807, 2.05) is 12.1 Å². The van der Waals surface area contributed by atoms with E-state index in [-0.39, 0.29) is 17.0 Å². The van der Waals surface area contributed by atoms with Crippen molar-refractivity contribution >= 4 is 11.6 Å². The Morgan fingerprint density at radius 3 is 2.81 bits per heavy atom. The highest BCUT2D eigenvalue weighted by molar-refractivity contribution is 5.98. The number of rotatable bonds is 5. The van der Waals surface area contributed by atoms with Crippen molar-refractivity contribution < 1.29 is 14.8 Å². The number of hydrogen-bond acceptors (Lipinski definition) is 5. The Bertz CT molecular complexity index is 659. The smallest absolute Gasteiger partial charge is 0.282 e. The van der Waals surface area contributed by atoms with Crippen LogP contribution in [0.2, 0.25) is 0 Å². The van der Waals surface area contributed by atoms with E-state index in [1.54, 1.807) is 12.3 Å². The summed E-state index contributed by atoms with van der Waals surface area (Å²) in [6.45, 7) is 0.294. The highest BCUT2D eigenvalue weighted by atomic mass is 16.6. The molecule has 0 aliphatic carbocycles. The third kappa shape index (κ3) is 3.75. The molecule has 0 atom stereocenters. The number of aromatic hydroxyl groups is 1. The molecule has 2 rings (SSSR count). The lowest BCUT2D eigenvalue weighted by Gasteiger charge is -2.06. The maximum absolute atomic E-state index is 12.0. The van der Waals surface area contributed by atoms with E-state index < -0.39 is 10.8 Å². The Balaban J connectivity index is 2.03. The van der Waals surface area contributed by atoms with Crippen LogP contribution in [-0.2, 0) is 6.42 Å². The van der Waals surface area contributed by atoms with Crippen LogP contribution in [0.25, 0.3) is 0 Å². The van der Waals surface area contributed by atoms with Gasteiger partial charge in [-0.1, -0.05) is 6.07 Å². The molecule has 0 bridgehead atoms. The minimum atomic E-state index is -0.660. The molecular weight excluding hydrogens is 274 g/mol. The van der Waals surface area contributed by atoms with Crippen LogP contribution in [0.3, 0.4) is 0 Å². The minimum Gasteiger partial charge on any atom is -0.508 e. The summed E-state index contributed by atoms with van der Waals surface area (Å²) in [4.78, 5) is 26.3. The van der Waals surface area contributed by atoms with E-state index in [4.69, 9.17) is 0 Å². The van der Waals surface area contributed by atoms with Crippen LogP contribution in [0.4, 0.5) is 5.69 Å². The summed E-state index contributed by atoms with van der Waals surface area (Å²) >= 11 is 0. The molecule has 0 radical (unpaired) electrons. The van der Waals surface area contributed by atoms with Crippen molar-refractivity contribution in [3.63, 3.8) is 0 Å². The van der Waals surface area contributed by atoms with E-state index in [0.717, 1.165) is 17.8 Å². The van der Waals surface area contributed by atoms with Crippen LogP contribution in [-0.4, -0.2) is 27.5 Å². The molecule has 108 valence electrons. The van der Waals surface area contributed by atoms with Crippen molar-refractivity contribution in [3.8, 4) is 5.75 Å². The molecule has 1 amide bonds. The number of amides is 1. The molecule has 2 aromatic rings. The Kier molecular flexibility index (Phi) is 4.45. The number of nitro groups is 1. The quantitative estimate of drug-likeness (QED) is 0.642. The Morgan fingerprint density at radius 2 is 2.14 bits per heavy atom. The lowest BCUT2D eigenvalue weighted by Crippen LogP contribution is -2.26. The molecule has 0 fully saturated rings. The summed E-state index contributed by atoms with van der Waals surface area (Å²) < 4.78 is 0. The highest BCUT2D eigenvalue weighted by Crippen LogP contribution is 2.23. The largest absolute Gasteiger partial charge is 0.508 e. The van der Waals surface area contributed by atoms with Gasteiger partial charge in [-0.05, 0) is 24.3 Å². The fraction of sp³-hybridized carbons (Fsp3) is 0.143. The second kappa shape index (κ2) is 6.47. The van der Waals surface area contributed by atoms with Gasteiger partial charge in [0.1, 0.15) is 11.3 Å². The molecule has 1 aromatic heterocycles. The first-order valence-corrected chi connectivity index (χ1v) is 6.23. The summed E-state index contributed by atoms with van der Waals surface area (Å²) in [6.07, 6.45) is 2.16. The van der Waals surface area contributed by atoms with Crippen molar-refractivity contribution in [1.29, 1.82) is 0 Å². The number of phenols is 1. The first kappa shape index (κ1) is 14.4. The first-order chi connectivity index (χ1) is 10.1. The third-order valence-corrected chi connectivity index (χ3v) is 2.81. The van der Waals surface area contributed by atoms with Gasteiger partial charge in [0.05, 0.1) is 4.92 Å². The van der Waals surface area contributed by atoms with Gasteiger partial charge in [0.25, 0.3) is 11.6 Å². The zero-order chi connectivity index (χ0) is 15.2. The van der Waals surface area contributed by atoms with Gasteiger partial charge in [-0.25, -0.2) is 0 Å². The number of phenolic OH excluding ortho intramolecular Hbond substituents is 1. The molecule has 0 aliphatic heterocycles. The number of nitro benzene ring substituents is 1. The lowest BCUT2D eigenvalue weighted by atomic mass is 10.1. The van der Waals surface area contributed by atoms with Crippen LogP contribution in [0, 0.1) is 10.1 Å². The first-order valence-electron chi connectivity index (χ1n) is 6.23. The third-order valence-electron chi connectivity index (χ3n) is 2.81. The molecule has 1 heterocycles. The Morgan fingerprint density at radius 1 is 1.33 bits per heavy atom. The number of pyridine rings is 1. The van der Waals surface area contributed by atoms with Gasteiger partial charge in [0.15, 0.2) is 0 Å². The Hall–Kier alpha value is -2.96. The van der Waals surface area contributed by atoms with E-state index >= 15 is 0 Å². The van der Waals surface area contributed by atoms with Gasteiger partial charge in [-0.2, -0.15) is 0 Å². The van der Waals surface area contributed by atoms with Gasteiger partial charge in [0.2, 0.25) is 0 Å². The molecule has 21 heavy (non-hydrogen) atoms. The normalized spacial score (nSPS) is 10.1. The topological polar surface area (TPSA) is 105 Å². The molecule has 1 aromatic carbocycles. The van der Waals surface area contributed by atoms with Crippen molar-refractivity contribution in [2.75, 3.05) is 6.54 Å². The Labute approximate surface area is 120 Å². The van der Waals surface area contributed by atoms with Crippen molar-refractivity contribution in [3.05, 3.63) is 64.0 Å². The summed E-state index contributed by atoms with van der Waals surface area (Å²) in [5.41, 5.74) is 0.298. The van der Waals surface area contributed by atoms with Gasteiger partial charge in [-0.3, -0.25) is 19.9 Å². The molecular formula is C14H13N3O4. The zero-order valence-corrected chi connectivity index (χ0v) is 11.0. The highest BCUT2D eigenvalue weighted by Gasteiger charge is 2.20. The number of carbonyl (C=O) groups is 1. The molecule has 0 spiro atoms. The second-order valence-corrected chi connectivity index (χ2v) is 4.29. The molecule has 0 unspecified atom stereocenters. The predicted molar refractivity (Wildman–Crippen MR) is 75.0 cm³/mol. The predicted octanol–water partition coefficient (Wildman–Crippen LogP) is 1.67. The number of hydrogen-bond donors (Lipinski definition) is 2. The van der Waals surface area contributed by atoms with Crippen molar-refractivity contribution in [1.82, 2.24) is 10.3 Å². The van der Waals surface area contributed by atoms with Crippen LogP contribution in [0.15, 0.2) is 42.6 Å². The fourth-order valence-electron chi connectivity index (χ4n) is 1.81. The number of nitrogens with one attached hydrogen (secondary N) is 1. The maximum Gasteiger partial charge on any atom is 0.282 e. The molecule has 2 N–H and O–H groups in total.